The molecule has 0 aromatic carbocycles. The summed E-state index contributed by atoms with van der Waals surface area (Å²) in [5.41, 5.74) is 0. The molecule has 2 aliphatic rings. The van der Waals surface area contributed by atoms with E-state index in [1.54, 1.807) is 16.7 Å². The van der Waals surface area contributed by atoms with Crippen LogP contribution in [0.5, 0.6) is 0 Å². The second-order valence-corrected chi connectivity index (χ2v) is 8.72. The van der Waals surface area contributed by atoms with Crippen LogP contribution >= 0.6 is 0 Å². The highest BCUT2D eigenvalue weighted by Crippen LogP contribution is 2.04. The second kappa shape index (κ2) is 14.2. The lowest BCUT2D eigenvalue weighted by molar-refractivity contribution is -0.140. The minimum Gasteiger partial charge on any atom is -0.480 e. The van der Waals surface area contributed by atoms with Crippen LogP contribution < -0.4 is 5.32 Å². The summed E-state index contributed by atoms with van der Waals surface area (Å²) in [5.74, 6) is -1.67. The molecule has 0 saturated carbocycles. The van der Waals surface area contributed by atoms with Crippen LogP contribution in [0.4, 0.5) is 0 Å². The molecule has 3 N–H and O–H groups in total. The third-order valence-electron chi connectivity index (χ3n) is 5.92. The van der Waals surface area contributed by atoms with Gasteiger partial charge >= 0.3 is 11.9 Å². The smallest absolute Gasteiger partial charge is 0.317 e. The van der Waals surface area contributed by atoms with Gasteiger partial charge in [-0.3, -0.25) is 38.8 Å². The summed E-state index contributed by atoms with van der Waals surface area (Å²) in [7, 11) is 0. The molecule has 188 valence electrons. The van der Waals surface area contributed by atoms with Crippen LogP contribution in [0.25, 0.3) is 0 Å². The van der Waals surface area contributed by atoms with Crippen LogP contribution in [0, 0.1) is 0 Å². The number of carbonyl (C=O) groups is 4. The van der Waals surface area contributed by atoms with E-state index in [0.717, 1.165) is 0 Å². The maximum absolute atomic E-state index is 12.9. The van der Waals surface area contributed by atoms with Crippen molar-refractivity contribution in [1.29, 1.82) is 0 Å². The number of carboxylic acids is 2. The van der Waals surface area contributed by atoms with Crippen molar-refractivity contribution < 1.29 is 29.4 Å². The molecule has 2 saturated heterocycles. The Morgan fingerprint density at radius 3 is 1.45 bits per heavy atom. The van der Waals surface area contributed by atoms with Crippen LogP contribution in [-0.4, -0.2) is 163 Å². The van der Waals surface area contributed by atoms with Crippen molar-refractivity contribution in [1.82, 2.24) is 29.8 Å². The largest absolute Gasteiger partial charge is 0.480 e. The van der Waals surface area contributed by atoms with Gasteiger partial charge in [-0.05, 0) is 6.92 Å². The van der Waals surface area contributed by atoms with Gasteiger partial charge in [0.25, 0.3) is 0 Å². The molecule has 0 spiro atoms. The van der Waals surface area contributed by atoms with Crippen molar-refractivity contribution in [2.45, 2.75) is 6.92 Å². The van der Waals surface area contributed by atoms with E-state index in [2.05, 4.69) is 10.2 Å². The number of Topliss-reactive ketones (excluding diaryl/α,β-unsaturated/α-hetero) is 1. The van der Waals surface area contributed by atoms with Crippen molar-refractivity contribution in [3.05, 3.63) is 0 Å². The fourth-order valence-electron chi connectivity index (χ4n) is 4.12. The highest BCUT2D eigenvalue weighted by atomic mass is 16.4. The molecule has 33 heavy (non-hydrogen) atoms. The fraction of sp³-hybridized carbons (Fsp3) is 0.810. The molecule has 12 nitrogen and oxygen atoms in total. The van der Waals surface area contributed by atoms with Crippen molar-refractivity contribution in [2.24, 2.45) is 0 Å². The normalized spacial score (nSPS) is 21.2. The highest BCUT2D eigenvalue weighted by molar-refractivity contribution is 5.79. The Labute approximate surface area is 195 Å². The molecule has 0 aromatic heterocycles. The Hall–Kier alpha value is -2.12. The minimum atomic E-state index is -0.931. The van der Waals surface area contributed by atoms with Crippen LogP contribution in [0.3, 0.4) is 0 Å². The number of nitrogens with zero attached hydrogens (tertiary/aromatic N) is 5. The molecule has 0 radical (unpaired) electrons. The van der Waals surface area contributed by atoms with E-state index in [1.165, 1.54) is 0 Å². The van der Waals surface area contributed by atoms with Gasteiger partial charge in [0, 0.05) is 78.5 Å². The first kappa shape index (κ1) is 27.1. The Morgan fingerprint density at radius 1 is 0.606 bits per heavy atom. The van der Waals surface area contributed by atoms with Crippen molar-refractivity contribution in [3.8, 4) is 0 Å². The highest BCUT2D eigenvalue weighted by Gasteiger charge is 2.24. The van der Waals surface area contributed by atoms with Gasteiger partial charge < -0.3 is 20.4 Å². The molecule has 0 aromatic rings. The summed E-state index contributed by atoms with van der Waals surface area (Å²) in [6.07, 6.45) is 0. The fourth-order valence-corrected chi connectivity index (χ4v) is 4.12. The van der Waals surface area contributed by atoms with Gasteiger partial charge in [0.1, 0.15) is 5.78 Å². The summed E-state index contributed by atoms with van der Waals surface area (Å²) < 4.78 is 0. The van der Waals surface area contributed by atoms with Crippen LogP contribution in [0.15, 0.2) is 0 Å². The average molecular weight is 471 g/mol. The predicted molar refractivity (Wildman–Crippen MR) is 121 cm³/mol. The Balaban J connectivity index is 1.91. The molecule has 0 aliphatic carbocycles. The first-order chi connectivity index (χ1) is 15.7. The summed E-state index contributed by atoms with van der Waals surface area (Å²) in [6.45, 7) is 9.01. The number of hydrogen-bond acceptors (Lipinski definition) is 9. The third kappa shape index (κ3) is 11.0. The van der Waals surface area contributed by atoms with E-state index in [4.69, 9.17) is 5.11 Å². The van der Waals surface area contributed by atoms with Gasteiger partial charge in [-0.2, -0.15) is 0 Å². The second-order valence-electron chi connectivity index (χ2n) is 8.72. The van der Waals surface area contributed by atoms with Gasteiger partial charge in [-0.15, -0.1) is 0 Å². The van der Waals surface area contributed by atoms with Gasteiger partial charge in [0.15, 0.2) is 0 Å². The van der Waals surface area contributed by atoms with Gasteiger partial charge in [-0.1, -0.05) is 0 Å². The topological polar surface area (TPSA) is 137 Å². The zero-order valence-electron chi connectivity index (χ0n) is 19.6. The molecular weight excluding hydrogens is 432 g/mol. The van der Waals surface area contributed by atoms with E-state index in [0.29, 0.717) is 85.1 Å². The van der Waals surface area contributed by atoms with Crippen molar-refractivity contribution in [3.63, 3.8) is 0 Å². The molecule has 1 amide bonds. The third-order valence-corrected chi connectivity index (χ3v) is 5.92. The van der Waals surface area contributed by atoms with Crippen molar-refractivity contribution >= 4 is 23.6 Å². The SMILES string of the molecule is CC(=O)CN1CCN(C(=O)CN2CCNCCN(CC(=O)O)CCN(CC(=O)O)CC2)CC1. The predicted octanol–water partition coefficient (Wildman–Crippen LogP) is -2.60. The summed E-state index contributed by atoms with van der Waals surface area (Å²) in [6, 6.07) is 0. The minimum absolute atomic E-state index is 0.0435. The number of carboxylic acid groups (broad SMARTS) is 2. The van der Waals surface area contributed by atoms with E-state index in [-0.39, 0.29) is 31.3 Å². The molecule has 0 unspecified atom stereocenters. The molecular formula is C21H38N6O6. The molecule has 2 fully saturated rings. The number of hydrogen-bond donors (Lipinski definition) is 3. The summed E-state index contributed by atoms with van der Waals surface area (Å²) in [5, 5.41) is 21.7. The number of amides is 1. The molecule has 2 heterocycles. The maximum Gasteiger partial charge on any atom is 0.317 e. The molecule has 2 aliphatic heterocycles. The lowest BCUT2D eigenvalue weighted by Crippen LogP contribution is -2.53. The number of piperazine rings is 1. The zero-order valence-corrected chi connectivity index (χ0v) is 19.6. The number of aliphatic carboxylic acids is 2. The van der Waals surface area contributed by atoms with Crippen molar-refractivity contribution in [2.75, 3.05) is 105 Å². The van der Waals surface area contributed by atoms with Crippen LogP contribution in [0.1, 0.15) is 6.92 Å². The summed E-state index contributed by atoms with van der Waals surface area (Å²) >= 11 is 0. The summed E-state index contributed by atoms with van der Waals surface area (Å²) in [4.78, 5) is 56.1. The lowest BCUT2D eigenvalue weighted by atomic mass is 10.2. The van der Waals surface area contributed by atoms with Gasteiger partial charge in [0.2, 0.25) is 5.91 Å². The van der Waals surface area contributed by atoms with E-state index >= 15 is 0 Å². The first-order valence-corrected chi connectivity index (χ1v) is 11.5. The Kier molecular flexibility index (Phi) is 11.7. The molecule has 2 rings (SSSR count). The first-order valence-electron chi connectivity index (χ1n) is 11.5. The van der Waals surface area contributed by atoms with Gasteiger partial charge in [-0.25, -0.2) is 0 Å². The number of carbonyl (C=O) groups excluding carboxylic acids is 2. The van der Waals surface area contributed by atoms with E-state index < -0.39 is 11.9 Å². The van der Waals surface area contributed by atoms with Crippen LogP contribution in [0.2, 0.25) is 0 Å². The molecule has 12 heteroatoms. The van der Waals surface area contributed by atoms with E-state index in [9.17, 15) is 24.3 Å². The Morgan fingerprint density at radius 2 is 1.00 bits per heavy atom. The number of rotatable bonds is 8. The van der Waals surface area contributed by atoms with Gasteiger partial charge in [0.05, 0.1) is 26.2 Å². The quantitative estimate of drug-likeness (QED) is 0.344. The number of nitrogens with one attached hydrogen (secondary N) is 1. The zero-order chi connectivity index (χ0) is 24.2. The monoisotopic (exact) mass is 470 g/mol. The number of ketones is 1. The average Bonchev–Trinajstić information content (AvgIpc) is 2.73. The van der Waals surface area contributed by atoms with E-state index in [1.807, 2.05) is 9.80 Å². The Bertz CT molecular complexity index is 670. The maximum atomic E-state index is 12.9. The standard InChI is InChI=1S/C21H38N6O6/c1-18(28)14-25-10-12-27(13-11-25)19(29)15-23-4-2-22-3-5-24(16-20(30)31)7-9-26(8-6-23)17-21(32)33/h22H,2-17H2,1H3,(H,30,31)(H,32,33). The molecule has 0 atom stereocenters. The lowest BCUT2D eigenvalue weighted by Gasteiger charge is -2.36. The van der Waals surface area contributed by atoms with Crippen LogP contribution in [-0.2, 0) is 19.2 Å². The molecule has 0 bridgehead atoms.